The summed E-state index contributed by atoms with van der Waals surface area (Å²) in [4.78, 5) is 81.1. The number of carbonyl (C=O) groups is 5. The van der Waals surface area contributed by atoms with Crippen molar-refractivity contribution in [3.05, 3.63) is 94.3 Å². The van der Waals surface area contributed by atoms with Gasteiger partial charge < -0.3 is 52.8 Å². The molecule has 0 aliphatic carbocycles. The summed E-state index contributed by atoms with van der Waals surface area (Å²) in [7, 11) is 1.42. The summed E-state index contributed by atoms with van der Waals surface area (Å²) in [5.74, 6) is -2.49. The Bertz CT molecular complexity index is 2400. The number of unbranched alkanes of at least 4 members (excludes halogenated alkanes) is 1. The monoisotopic (exact) mass is 903 g/mol. The number of nitriles is 1. The molecule has 350 valence electrons. The third-order valence-corrected chi connectivity index (χ3v) is 11.1. The number of fused-ring (bicyclic) bond motifs is 5. The van der Waals surface area contributed by atoms with Crippen molar-refractivity contribution >= 4 is 29.5 Å². The number of nitrogens with two attached hydrogens (primary N) is 3. The van der Waals surface area contributed by atoms with Crippen molar-refractivity contribution in [2.75, 3.05) is 46.4 Å². The molecule has 0 saturated heterocycles. The second-order valence-corrected chi connectivity index (χ2v) is 16.1. The van der Waals surface area contributed by atoms with Crippen molar-refractivity contribution in [3.8, 4) is 40.1 Å². The molecule has 3 heterocycles. The summed E-state index contributed by atoms with van der Waals surface area (Å²) in [6, 6.07) is 12.8. The Morgan fingerprint density at radius 1 is 0.924 bits per heavy atom. The third kappa shape index (κ3) is 12.4. The molecule has 1 aliphatic heterocycles. The van der Waals surface area contributed by atoms with Gasteiger partial charge in [0.2, 0.25) is 23.6 Å². The average molecular weight is 904 g/mol. The van der Waals surface area contributed by atoms with Gasteiger partial charge in [-0.3, -0.25) is 33.9 Å². The summed E-state index contributed by atoms with van der Waals surface area (Å²) in [6.45, 7) is 7.47. The number of hydrogen-bond acceptors (Lipinski definition) is 13. The van der Waals surface area contributed by atoms with Crippen molar-refractivity contribution in [3.63, 3.8) is 0 Å². The van der Waals surface area contributed by atoms with Crippen LogP contribution >= 0.6 is 0 Å². The Labute approximate surface area is 385 Å². The van der Waals surface area contributed by atoms with Gasteiger partial charge in [-0.25, -0.2) is 0 Å². The predicted molar refractivity (Wildman–Crippen MR) is 249 cm³/mol. The van der Waals surface area contributed by atoms with E-state index < -0.39 is 53.7 Å². The minimum absolute atomic E-state index is 0.00405. The molecule has 0 radical (unpaired) electrons. The smallest absolute Gasteiger partial charge is 0.254 e. The molecular weight excluding hydrogens is 843 g/mol. The standard InChI is InChI=1S/C48H61N11O7/c1-6-7-8-31-9-12-36(54-27-31)38-23-28(2)42(29(3)55-38)46(62)57-37(15-16-49)48(64)59(5)43-33-11-14-41(66-22-19-52)35(26-33)34-24-32(10-13-40(34)65-21-18-51)25-39(45(61)53-20-17-50)58-44(60)30(4)56-47(43)63/h9-14,23-24,26-27,30,37,39,43H,6-8,15-16,18-22,25,49,51-52H2,1-5H3,(H,53,61)(H,56,63)(H,57,62)(H,58,60)/t30-,37?,39-,43-/m0/s1. The van der Waals surface area contributed by atoms with Crippen molar-refractivity contribution in [1.82, 2.24) is 36.1 Å². The second kappa shape index (κ2) is 23.8. The van der Waals surface area contributed by atoms with Crippen LogP contribution in [0.15, 0.2) is 60.8 Å². The summed E-state index contributed by atoms with van der Waals surface area (Å²) in [5.41, 5.74) is 23.3. The molecule has 0 spiro atoms. The number of likely N-dealkylation sites (N-methyl/N-ethyl adjacent to an activating group) is 1. The SMILES string of the molecule is CCCCc1ccc(-c2cc(C)c(C(=O)NC(CCN)C(=O)N(C)[C@@H]3C(=O)N[C@@H](C)C(=O)N[C@H](C(=O)NCC#N)Cc4ccc(OCCN)c(c4)-c4cc3ccc4OCCN)c(C)n2)nc1. The van der Waals surface area contributed by atoms with Gasteiger partial charge in [0.05, 0.1) is 28.7 Å². The molecule has 4 atom stereocenters. The molecule has 0 fully saturated rings. The number of nitrogens with one attached hydrogen (secondary N) is 4. The number of ether oxygens (including phenoxy) is 2. The van der Waals surface area contributed by atoms with Crippen molar-refractivity contribution in [1.29, 1.82) is 5.26 Å². The Balaban J connectivity index is 1.56. The average Bonchev–Trinajstić information content (AvgIpc) is 3.30. The first-order chi connectivity index (χ1) is 31.7. The van der Waals surface area contributed by atoms with Crippen LogP contribution in [0.4, 0.5) is 0 Å². The minimum Gasteiger partial charge on any atom is -0.492 e. The van der Waals surface area contributed by atoms with Crippen LogP contribution in [0.3, 0.4) is 0 Å². The van der Waals surface area contributed by atoms with Gasteiger partial charge in [0.15, 0.2) is 0 Å². The maximum Gasteiger partial charge on any atom is 0.254 e. The molecule has 1 unspecified atom stereocenters. The number of pyridine rings is 2. The zero-order valence-electron chi connectivity index (χ0n) is 38.2. The fraction of sp³-hybridized carbons (Fsp3) is 0.417. The fourth-order valence-corrected chi connectivity index (χ4v) is 7.77. The van der Waals surface area contributed by atoms with Gasteiger partial charge in [-0.1, -0.05) is 31.5 Å². The molecule has 4 aromatic rings. The van der Waals surface area contributed by atoms with Crippen molar-refractivity contribution < 1.29 is 33.4 Å². The molecule has 2 aromatic carbocycles. The molecule has 18 nitrogen and oxygen atoms in total. The second-order valence-electron chi connectivity index (χ2n) is 16.1. The molecule has 0 saturated carbocycles. The number of rotatable bonds is 18. The van der Waals surface area contributed by atoms with E-state index in [-0.39, 0.29) is 57.8 Å². The number of nitrogens with zero attached hydrogens (tertiary/aromatic N) is 4. The van der Waals surface area contributed by atoms with Crippen molar-refractivity contribution in [2.45, 2.75) is 84.0 Å². The largest absolute Gasteiger partial charge is 0.492 e. The zero-order valence-corrected chi connectivity index (χ0v) is 38.2. The molecular formula is C48H61N11O7. The highest BCUT2D eigenvalue weighted by Gasteiger charge is 2.36. The zero-order chi connectivity index (χ0) is 47.9. The highest BCUT2D eigenvalue weighted by molar-refractivity contribution is 6.01. The van der Waals surface area contributed by atoms with Crippen LogP contribution in [0, 0.1) is 25.2 Å². The van der Waals surface area contributed by atoms with Gasteiger partial charge in [0.1, 0.15) is 55.4 Å². The molecule has 10 N–H and O–H groups in total. The lowest BCUT2D eigenvalue weighted by atomic mass is 9.93. The van der Waals surface area contributed by atoms with E-state index in [0.717, 1.165) is 24.8 Å². The Kier molecular flexibility index (Phi) is 18.1. The molecule has 2 aromatic heterocycles. The van der Waals surface area contributed by atoms with E-state index in [9.17, 15) is 29.2 Å². The van der Waals surface area contributed by atoms with Gasteiger partial charge in [0, 0.05) is 43.9 Å². The molecule has 1 aliphatic rings. The van der Waals surface area contributed by atoms with Gasteiger partial charge in [-0.15, -0.1) is 0 Å². The number of hydrogen-bond donors (Lipinski definition) is 7. The maximum absolute atomic E-state index is 14.7. The topological polar surface area (TPSA) is 283 Å². The maximum atomic E-state index is 14.7. The minimum atomic E-state index is -1.40. The summed E-state index contributed by atoms with van der Waals surface area (Å²) < 4.78 is 12.2. The van der Waals surface area contributed by atoms with E-state index in [2.05, 4.69) is 33.2 Å². The molecule has 66 heavy (non-hydrogen) atoms. The Morgan fingerprint density at radius 2 is 1.62 bits per heavy atom. The van der Waals surface area contributed by atoms with Crippen LogP contribution < -0.4 is 47.9 Å². The van der Waals surface area contributed by atoms with Crippen LogP contribution in [-0.4, -0.2) is 109 Å². The Morgan fingerprint density at radius 3 is 2.24 bits per heavy atom. The van der Waals surface area contributed by atoms with E-state index in [1.807, 2.05) is 24.4 Å². The highest BCUT2D eigenvalue weighted by atomic mass is 16.5. The highest BCUT2D eigenvalue weighted by Crippen LogP contribution is 2.40. The predicted octanol–water partition coefficient (Wildman–Crippen LogP) is 2.28. The van der Waals surface area contributed by atoms with Gasteiger partial charge in [-0.2, -0.15) is 5.26 Å². The number of carbonyl (C=O) groups excluding carboxylic acids is 5. The lowest BCUT2D eigenvalue weighted by Crippen LogP contribution is -2.56. The van der Waals surface area contributed by atoms with Gasteiger partial charge in [0.25, 0.3) is 5.91 Å². The third-order valence-electron chi connectivity index (χ3n) is 11.1. The molecule has 18 heteroatoms. The van der Waals surface area contributed by atoms with E-state index in [1.54, 1.807) is 56.3 Å². The van der Waals surface area contributed by atoms with E-state index in [4.69, 9.17) is 31.7 Å². The van der Waals surface area contributed by atoms with Gasteiger partial charge in [-0.05, 0) is 105 Å². The number of aromatic nitrogens is 2. The normalized spacial score (nSPS) is 16.4. The van der Waals surface area contributed by atoms with E-state index >= 15 is 0 Å². The van der Waals surface area contributed by atoms with Crippen LogP contribution in [0.5, 0.6) is 11.5 Å². The number of aryl methyl sites for hydroxylation is 3. The summed E-state index contributed by atoms with van der Waals surface area (Å²) in [5, 5.41) is 20.0. The quantitative estimate of drug-likeness (QED) is 0.0707. The number of benzene rings is 2. The summed E-state index contributed by atoms with van der Waals surface area (Å²) in [6.07, 6.45) is 4.93. The van der Waals surface area contributed by atoms with Crippen LogP contribution in [-0.2, 0) is 32.0 Å². The fourth-order valence-electron chi connectivity index (χ4n) is 7.77. The van der Waals surface area contributed by atoms with Crippen LogP contribution in [0.2, 0.25) is 0 Å². The van der Waals surface area contributed by atoms with Gasteiger partial charge >= 0.3 is 0 Å². The van der Waals surface area contributed by atoms with Crippen LogP contribution in [0.25, 0.3) is 22.5 Å². The van der Waals surface area contributed by atoms with Crippen LogP contribution in [0.1, 0.15) is 77.5 Å². The Hall–Kier alpha value is -6.94. The summed E-state index contributed by atoms with van der Waals surface area (Å²) >= 11 is 0. The lowest BCUT2D eigenvalue weighted by molar-refractivity contribution is -0.141. The van der Waals surface area contributed by atoms with E-state index in [0.29, 0.717) is 56.4 Å². The molecule has 5 rings (SSSR count). The number of amides is 5. The van der Waals surface area contributed by atoms with Crippen molar-refractivity contribution in [2.24, 2.45) is 17.2 Å². The molecule has 5 amide bonds. The first kappa shape index (κ1) is 50.1. The van der Waals surface area contributed by atoms with E-state index in [1.165, 1.54) is 18.9 Å². The first-order valence-corrected chi connectivity index (χ1v) is 22.1. The molecule has 4 bridgehead atoms. The first-order valence-electron chi connectivity index (χ1n) is 22.1. The lowest BCUT2D eigenvalue weighted by Gasteiger charge is -2.32.